The van der Waals surface area contributed by atoms with Gasteiger partial charge in [0.05, 0.1) is 11.2 Å². The van der Waals surface area contributed by atoms with E-state index in [2.05, 4.69) is 25.8 Å². The van der Waals surface area contributed by atoms with Crippen molar-refractivity contribution < 1.29 is 0 Å². The SMILES string of the molecule is Cn1c(=N)n(CC(C)(C)C)c2ccc(-c3cncc(CN)c3)nc21. The molecule has 6 heteroatoms. The fourth-order valence-corrected chi connectivity index (χ4v) is 2.83. The van der Waals surface area contributed by atoms with Crippen LogP contribution in [0.5, 0.6) is 0 Å². The minimum absolute atomic E-state index is 0.0901. The van der Waals surface area contributed by atoms with Crippen molar-refractivity contribution in [2.75, 3.05) is 0 Å². The summed E-state index contributed by atoms with van der Waals surface area (Å²) in [6.45, 7) is 7.74. The van der Waals surface area contributed by atoms with Crippen LogP contribution in [0.1, 0.15) is 26.3 Å². The van der Waals surface area contributed by atoms with Gasteiger partial charge in [0, 0.05) is 38.1 Å². The first kappa shape index (κ1) is 16.4. The highest BCUT2D eigenvalue weighted by Gasteiger charge is 2.17. The zero-order valence-corrected chi connectivity index (χ0v) is 14.7. The van der Waals surface area contributed by atoms with Crippen LogP contribution in [0.25, 0.3) is 22.4 Å². The van der Waals surface area contributed by atoms with Gasteiger partial charge in [0.1, 0.15) is 0 Å². The van der Waals surface area contributed by atoms with Gasteiger partial charge >= 0.3 is 0 Å². The number of aromatic nitrogens is 4. The van der Waals surface area contributed by atoms with Crippen molar-refractivity contribution in [1.82, 2.24) is 19.1 Å². The van der Waals surface area contributed by atoms with Crippen molar-refractivity contribution >= 4 is 11.2 Å². The summed E-state index contributed by atoms with van der Waals surface area (Å²) < 4.78 is 3.84. The second-order valence-electron chi connectivity index (χ2n) is 7.35. The highest BCUT2D eigenvalue weighted by atomic mass is 15.2. The highest BCUT2D eigenvalue weighted by molar-refractivity contribution is 5.76. The van der Waals surface area contributed by atoms with Crippen LogP contribution in [0.15, 0.2) is 30.6 Å². The molecule has 0 radical (unpaired) electrons. The second-order valence-corrected chi connectivity index (χ2v) is 7.35. The Bertz CT molecular complexity index is 942. The fourth-order valence-electron chi connectivity index (χ4n) is 2.83. The molecule has 0 saturated heterocycles. The van der Waals surface area contributed by atoms with E-state index in [9.17, 15) is 0 Å². The Balaban J connectivity index is 2.15. The quantitative estimate of drug-likeness (QED) is 0.776. The highest BCUT2D eigenvalue weighted by Crippen LogP contribution is 2.23. The molecule has 0 aliphatic rings. The molecule has 24 heavy (non-hydrogen) atoms. The Kier molecular flexibility index (Phi) is 4.01. The Morgan fingerprint density at radius 1 is 1.21 bits per heavy atom. The van der Waals surface area contributed by atoms with Gasteiger partial charge in [0.25, 0.3) is 0 Å². The van der Waals surface area contributed by atoms with E-state index in [-0.39, 0.29) is 5.41 Å². The molecule has 3 heterocycles. The van der Waals surface area contributed by atoms with E-state index in [1.807, 2.05) is 34.4 Å². The molecule has 0 fully saturated rings. The predicted octanol–water partition coefficient (Wildman–Crippen LogP) is 2.42. The maximum absolute atomic E-state index is 8.40. The zero-order valence-electron chi connectivity index (χ0n) is 14.7. The summed E-state index contributed by atoms with van der Waals surface area (Å²) in [6.07, 6.45) is 3.56. The number of nitrogens with two attached hydrogens (primary N) is 1. The molecule has 0 unspecified atom stereocenters. The fraction of sp³-hybridized carbons (Fsp3) is 0.389. The molecule has 0 atom stereocenters. The maximum Gasteiger partial charge on any atom is 0.203 e. The Labute approximate surface area is 141 Å². The minimum atomic E-state index is 0.0901. The summed E-state index contributed by atoms with van der Waals surface area (Å²) in [6, 6.07) is 6.03. The third-order valence-corrected chi connectivity index (χ3v) is 4.00. The minimum Gasteiger partial charge on any atom is -0.326 e. The van der Waals surface area contributed by atoms with Gasteiger partial charge in [0.2, 0.25) is 5.62 Å². The average Bonchev–Trinajstić information content (AvgIpc) is 2.78. The van der Waals surface area contributed by atoms with Crippen molar-refractivity contribution in [2.24, 2.45) is 18.2 Å². The number of aryl methyl sites for hydroxylation is 1. The van der Waals surface area contributed by atoms with Crippen molar-refractivity contribution in [3.8, 4) is 11.3 Å². The number of hydrogen-bond donors (Lipinski definition) is 2. The molecular formula is C18H24N6. The topological polar surface area (TPSA) is 85.5 Å². The number of nitrogens with one attached hydrogen (secondary N) is 1. The van der Waals surface area contributed by atoms with E-state index in [4.69, 9.17) is 16.1 Å². The number of rotatable bonds is 3. The molecule has 0 spiro atoms. The zero-order chi connectivity index (χ0) is 17.5. The van der Waals surface area contributed by atoms with Crippen molar-refractivity contribution in [1.29, 1.82) is 5.41 Å². The molecule has 0 aliphatic carbocycles. The Hall–Kier alpha value is -2.47. The van der Waals surface area contributed by atoms with Gasteiger partial charge in [-0.15, -0.1) is 0 Å². The van der Waals surface area contributed by atoms with Gasteiger partial charge in [0.15, 0.2) is 5.65 Å². The average molecular weight is 324 g/mol. The van der Waals surface area contributed by atoms with Crippen LogP contribution in [-0.4, -0.2) is 19.1 Å². The molecule has 0 aromatic carbocycles. The summed E-state index contributed by atoms with van der Waals surface area (Å²) >= 11 is 0. The lowest BCUT2D eigenvalue weighted by molar-refractivity contribution is 0.339. The lowest BCUT2D eigenvalue weighted by atomic mass is 9.97. The van der Waals surface area contributed by atoms with Crippen LogP contribution in [-0.2, 0) is 20.1 Å². The lowest BCUT2D eigenvalue weighted by Crippen LogP contribution is -2.27. The predicted molar refractivity (Wildman–Crippen MR) is 95.1 cm³/mol. The molecule has 3 aromatic heterocycles. The number of hydrogen-bond acceptors (Lipinski definition) is 4. The molecule has 3 N–H and O–H groups in total. The van der Waals surface area contributed by atoms with Gasteiger partial charge < -0.3 is 10.3 Å². The molecule has 6 nitrogen and oxygen atoms in total. The van der Waals surface area contributed by atoms with Gasteiger partial charge in [-0.05, 0) is 29.2 Å². The molecule has 0 aliphatic heterocycles. The first-order chi connectivity index (χ1) is 11.3. The van der Waals surface area contributed by atoms with Crippen LogP contribution < -0.4 is 11.4 Å². The van der Waals surface area contributed by atoms with Crippen LogP contribution in [0, 0.1) is 10.8 Å². The van der Waals surface area contributed by atoms with Crippen molar-refractivity contribution in [3.05, 3.63) is 41.8 Å². The largest absolute Gasteiger partial charge is 0.326 e. The number of nitrogens with zero attached hydrogens (tertiary/aromatic N) is 4. The summed E-state index contributed by atoms with van der Waals surface area (Å²) in [5, 5.41) is 8.40. The molecule has 0 amide bonds. The Morgan fingerprint density at radius 3 is 2.62 bits per heavy atom. The third kappa shape index (κ3) is 2.97. The van der Waals surface area contributed by atoms with E-state index >= 15 is 0 Å². The van der Waals surface area contributed by atoms with Gasteiger partial charge in [-0.1, -0.05) is 20.8 Å². The van der Waals surface area contributed by atoms with E-state index in [1.54, 1.807) is 12.4 Å². The maximum atomic E-state index is 8.40. The van der Waals surface area contributed by atoms with Crippen molar-refractivity contribution in [2.45, 2.75) is 33.9 Å². The third-order valence-electron chi connectivity index (χ3n) is 4.00. The first-order valence-corrected chi connectivity index (χ1v) is 8.05. The lowest BCUT2D eigenvalue weighted by Gasteiger charge is -2.19. The van der Waals surface area contributed by atoms with Crippen LogP contribution in [0.2, 0.25) is 0 Å². The molecule has 0 saturated carbocycles. The summed E-state index contributed by atoms with van der Waals surface area (Å²) in [7, 11) is 1.88. The van der Waals surface area contributed by atoms with Gasteiger partial charge in [-0.25, -0.2) is 4.98 Å². The number of fused-ring (bicyclic) bond motifs is 1. The summed E-state index contributed by atoms with van der Waals surface area (Å²) in [5.41, 5.74) is 10.8. The molecule has 3 aromatic rings. The van der Waals surface area contributed by atoms with Gasteiger partial charge in [-0.3, -0.25) is 15.0 Å². The van der Waals surface area contributed by atoms with Crippen molar-refractivity contribution in [3.63, 3.8) is 0 Å². The van der Waals surface area contributed by atoms with Gasteiger partial charge in [-0.2, -0.15) is 0 Å². The molecule has 126 valence electrons. The summed E-state index contributed by atoms with van der Waals surface area (Å²) in [5.74, 6) is 0. The van der Waals surface area contributed by atoms with E-state index in [0.29, 0.717) is 12.2 Å². The van der Waals surface area contributed by atoms with Crippen LogP contribution >= 0.6 is 0 Å². The van der Waals surface area contributed by atoms with E-state index in [1.165, 1.54) is 0 Å². The number of imidazole rings is 1. The second kappa shape index (κ2) is 5.87. The van der Waals surface area contributed by atoms with Crippen LogP contribution in [0.3, 0.4) is 0 Å². The smallest absolute Gasteiger partial charge is 0.203 e. The summed E-state index contributed by atoms with van der Waals surface area (Å²) in [4.78, 5) is 9.01. The standard InChI is InChI=1S/C18H24N6/c1-18(2,3)11-24-15-6-5-14(22-16(15)23(4)17(24)20)13-7-12(8-19)9-21-10-13/h5-7,9-10,20H,8,11,19H2,1-4H3. The molecule has 0 bridgehead atoms. The van der Waals surface area contributed by atoms with E-state index in [0.717, 1.165) is 34.5 Å². The molecular weight excluding hydrogens is 300 g/mol. The number of pyridine rings is 2. The molecule has 3 rings (SSSR count). The monoisotopic (exact) mass is 324 g/mol. The normalized spacial score (nSPS) is 12.0. The van der Waals surface area contributed by atoms with Crippen LogP contribution in [0.4, 0.5) is 0 Å². The first-order valence-electron chi connectivity index (χ1n) is 8.05. The van der Waals surface area contributed by atoms with E-state index < -0.39 is 0 Å². The Morgan fingerprint density at radius 2 is 1.96 bits per heavy atom.